The van der Waals surface area contributed by atoms with E-state index in [1.807, 2.05) is 18.5 Å². The van der Waals surface area contributed by atoms with Crippen LogP contribution in [0.2, 0.25) is 0 Å². The van der Waals surface area contributed by atoms with Gasteiger partial charge < -0.3 is 19.5 Å². The summed E-state index contributed by atoms with van der Waals surface area (Å²) in [7, 11) is 2.00. The first-order chi connectivity index (χ1) is 15.2. The Labute approximate surface area is 208 Å². The molecule has 9 heteroatoms. The average Bonchev–Trinajstić information content (AvgIpc) is 3.39. The molecule has 2 aliphatic rings. The number of aryl methyl sites for hydroxylation is 1. The van der Waals surface area contributed by atoms with Crippen LogP contribution in [-0.4, -0.2) is 83.0 Å². The molecule has 2 aliphatic heterocycles. The van der Waals surface area contributed by atoms with E-state index in [-0.39, 0.29) is 24.0 Å². The summed E-state index contributed by atoms with van der Waals surface area (Å²) in [4.78, 5) is 9.80. The fraction of sp³-hybridized carbons (Fsp3) is 0.609. The molecule has 2 fully saturated rings. The van der Waals surface area contributed by atoms with Crippen molar-refractivity contribution in [3.8, 4) is 0 Å². The van der Waals surface area contributed by atoms with Crippen molar-refractivity contribution >= 4 is 29.9 Å². The van der Waals surface area contributed by atoms with Crippen LogP contribution in [0.3, 0.4) is 0 Å². The number of hydrogen-bond acceptors (Lipinski definition) is 5. The summed E-state index contributed by atoms with van der Waals surface area (Å²) in [5, 5.41) is 12.1. The first kappa shape index (κ1) is 24.9. The normalized spacial score (nSPS) is 19.8. The van der Waals surface area contributed by atoms with Crippen LogP contribution in [0.1, 0.15) is 23.6 Å². The monoisotopic (exact) mass is 553 g/mol. The fourth-order valence-corrected chi connectivity index (χ4v) is 4.29. The molecule has 0 saturated carbocycles. The van der Waals surface area contributed by atoms with E-state index in [1.54, 1.807) is 0 Å². The van der Waals surface area contributed by atoms with E-state index in [0.29, 0.717) is 12.5 Å². The van der Waals surface area contributed by atoms with E-state index in [1.165, 1.54) is 12.0 Å². The summed E-state index contributed by atoms with van der Waals surface area (Å²) in [6, 6.07) is 10.8. The summed E-state index contributed by atoms with van der Waals surface area (Å²) in [6.45, 7) is 10.2. The number of rotatable bonds is 7. The molecular weight excluding hydrogens is 517 g/mol. The molecule has 0 spiro atoms. The molecular formula is C23H36IN7O. The van der Waals surface area contributed by atoms with Gasteiger partial charge in [0.05, 0.1) is 13.2 Å². The van der Waals surface area contributed by atoms with Gasteiger partial charge in [0, 0.05) is 46.3 Å². The number of morpholine rings is 1. The highest BCUT2D eigenvalue weighted by Crippen LogP contribution is 2.21. The topological polar surface area (TPSA) is 70.8 Å². The van der Waals surface area contributed by atoms with Crippen molar-refractivity contribution in [2.45, 2.75) is 26.3 Å². The summed E-state index contributed by atoms with van der Waals surface area (Å²) in [5.41, 5.74) is 1.42. The van der Waals surface area contributed by atoms with Gasteiger partial charge in [-0.2, -0.15) is 0 Å². The summed E-state index contributed by atoms with van der Waals surface area (Å²) in [6.07, 6.45) is 2.32. The molecule has 1 aromatic heterocycles. The maximum absolute atomic E-state index is 5.46. The van der Waals surface area contributed by atoms with Crippen LogP contribution in [0.25, 0.3) is 0 Å². The van der Waals surface area contributed by atoms with E-state index in [9.17, 15) is 0 Å². The van der Waals surface area contributed by atoms with Crippen molar-refractivity contribution in [1.29, 1.82) is 0 Å². The molecule has 32 heavy (non-hydrogen) atoms. The fourth-order valence-electron chi connectivity index (χ4n) is 4.29. The quantitative estimate of drug-likeness (QED) is 0.322. The smallest absolute Gasteiger partial charge is 0.194 e. The van der Waals surface area contributed by atoms with Gasteiger partial charge in [-0.05, 0) is 31.2 Å². The predicted molar refractivity (Wildman–Crippen MR) is 137 cm³/mol. The molecule has 0 bridgehead atoms. The molecule has 3 heterocycles. The molecule has 1 N–H and O–H groups in total. The van der Waals surface area contributed by atoms with Crippen LogP contribution >= 0.6 is 24.0 Å². The third-order valence-corrected chi connectivity index (χ3v) is 6.32. The Hall–Kier alpha value is -1.72. The number of aliphatic imine (C=N–C) groups is 1. The van der Waals surface area contributed by atoms with Crippen molar-refractivity contribution in [3.05, 3.63) is 47.5 Å². The number of ether oxygens (including phenoxy) is 1. The van der Waals surface area contributed by atoms with Crippen molar-refractivity contribution in [3.63, 3.8) is 0 Å². The number of hydrogen-bond donors (Lipinski definition) is 1. The van der Waals surface area contributed by atoms with Crippen LogP contribution in [0.4, 0.5) is 0 Å². The van der Waals surface area contributed by atoms with Gasteiger partial charge in [-0.25, -0.2) is 4.99 Å². The van der Waals surface area contributed by atoms with Crippen molar-refractivity contribution in [1.82, 2.24) is 29.9 Å². The lowest BCUT2D eigenvalue weighted by atomic mass is 9.99. The van der Waals surface area contributed by atoms with Crippen LogP contribution in [0.15, 0.2) is 35.3 Å². The highest BCUT2D eigenvalue weighted by atomic mass is 127. The first-order valence-electron chi connectivity index (χ1n) is 11.4. The second kappa shape index (κ2) is 12.5. The van der Waals surface area contributed by atoms with Crippen molar-refractivity contribution in [2.24, 2.45) is 18.0 Å². The van der Waals surface area contributed by atoms with Crippen LogP contribution < -0.4 is 5.32 Å². The van der Waals surface area contributed by atoms with E-state index in [4.69, 9.17) is 9.73 Å². The van der Waals surface area contributed by atoms with Gasteiger partial charge in [0.15, 0.2) is 11.8 Å². The van der Waals surface area contributed by atoms with Crippen LogP contribution in [0, 0.1) is 12.8 Å². The summed E-state index contributed by atoms with van der Waals surface area (Å²) < 4.78 is 7.47. The zero-order chi connectivity index (χ0) is 21.5. The van der Waals surface area contributed by atoms with Crippen LogP contribution in [-0.2, 0) is 24.8 Å². The Morgan fingerprint density at radius 1 is 1.16 bits per heavy atom. The maximum Gasteiger partial charge on any atom is 0.194 e. The summed E-state index contributed by atoms with van der Waals surface area (Å²) >= 11 is 0. The second-order valence-electron chi connectivity index (χ2n) is 8.53. The molecule has 0 aliphatic carbocycles. The minimum Gasteiger partial charge on any atom is -0.379 e. The van der Waals surface area contributed by atoms with E-state index in [2.05, 4.69) is 55.6 Å². The lowest BCUT2D eigenvalue weighted by Crippen LogP contribution is -2.45. The minimum absolute atomic E-state index is 0. The molecule has 2 saturated heterocycles. The number of nitrogens with one attached hydrogen (secondary N) is 1. The maximum atomic E-state index is 5.46. The molecule has 1 aromatic carbocycles. The standard InChI is InChI=1S/C23H35N7O.HI/c1-19-26-27-22(28(19)2)17-25-23(24-9-11-29-12-14-31-15-13-29)30-10-8-21(18-30)16-20-6-4-3-5-7-20;/h3-7,21H,8-18H2,1-2H3,(H,24,25);1H. The second-order valence-corrected chi connectivity index (χ2v) is 8.53. The molecule has 176 valence electrons. The van der Waals surface area contributed by atoms with E-state index >= 15 is 0 Å². The molecule has 0 amide bonds. The minimum atomic E-state index is 0. The molecule has 8 nitrogen and oxygen atoms in total. The number of guanidine groups is 1. The van der Waals surface area contributed by atoms with Gasteiger partial charge in [-0.1, -0.05) is 30.3 Å². The zero-order valence-electron chi connectivity index (χ0n) is 19.2. The van der Waals surface area contributed by atoms with Gasteiger partial charge in [-0.3, -0.25) is 4.90 Å². The molecule has 1 atom stereocenters. The van der Waals surface area contributed by atoms with Gasteiger partial charge >= 0.3 is 0 Å². The van der Waals surface area contributed by atoms with Gasteiger partial charge in [-0.15, -0.1) is 34.2 Å². The van der Waals surface area contributed by atoms with Gasteiger partial charge in [0.25, 0.3) is 0 Å². The van der Waals surface area contributed by atoms with Gasteiger partial charge in [0.1, 0.15) is 12.4 Å². The van der Waals surface area contributed by atoms with Crippen molar-refractivity contribution in [2.75, 3.05) is 52.5 Å². The SMILES string of the molecule is Cc1nnc(CN=C(NCCN2CCOCC2)N2CCC(Cc3ccccc3)C2)n1C.I. The number of halogens is 1. The molecule has 0 radical (unpaired) electrons. The number of benzene rings is 1. The Kier molecular flexibility index (Phi) is 9.73. The highest BCUT2D eigenvalue weighted by Gasteiger charge is 2.25. The molecule has 1 unspecified atom stereocenters. The zero-order valence-corrected chi connectivity index (χ0v) is 21.6. The van der Waals surface area contributed by atoms with Crippen LogP contribution in [0.5, 0.6) is 0 Å². The van der Waals surface area contributed by atoms with E-state index < -0.39 is 0 Å². The lowest BCUT2D eigenvalue weighted by Gasteiger charge is -2.28. The average molecular weight is 553 g/mol. The Bertz CT molecular complexity index is 851. The number of nitrogens with zero attached hydrogens (tertiary/aromatic N) is 6. The summed E-state index contributed by atoms with van der Waals surface area (Å²) in [5.74, 6) is 3.45. The molecule has 4 rings (SSSR count). The predicted octanol–water partition coefficient (Wildman–Crippen LogP) is 2.08. The Balaban J connectivity index is 0.00000289. The number of aromatic nitrogens is 3. The lowest BCUT2D eigenvalue weighted by molar-refractivity contribution is 0.0388. The van der Waals surface area contributed by atoms with E-state index in [0.717, 1.165) is 76.5 Å². The van der Waals surface area contributed by atoms with Gasteiger partial charge in [0.2, 0.25) is 0 Å². The Morgan fingerprint density at radius 3 is 2.66 bits per heavy atom. The largest absolute Gasteiger partial charge is 0.379 e. The first-order valence-corrected chi connectivity index (χ1v) is 11.4. The number of likely N-dealkylation sites (tertiary alicyclic amines) is 1. The third-order valence-electron chi connectivity index (χ3n) is 6.32. The molecule has 2 aromatic rings. The third kappa shape index (κ3) is 6.89. The Morgan fingerprint density at radius 2 is 1.94 bits per heavy atom. The van der Waals surface area contributed by atoms with Crippen molar-refractivity contribution < 1.29 is 4.74 Å². The highest BCUT2D eigenvalue weighted by molar-refractivity contribution is 14.0.